The summed E-state index contributed by atoms with van der Waals surface area (Å²) in [6.07, 6.45) is 7.89. The number of hydrogen-bond donors (Lipinski definition) is 2. The number of nitrogens with one attached hydrogen (secondary N) is 2. The van der Waals surface area contributed by atoms with E-state index in [-0.39, 0.29) is 11.4 Å². The van der Waals surface area contributed by atoms with Gasteiger partial charge in [0.25, 0.3) is 0 Å². The van der Waals surface area contributed by atoms with Gasteiger partial charge in [-0.3, -0.25) is 4.79 Å². The van der Waals surface area contributed by atoms with Crippen LogP contribution in [-0.2, 0) is 4.79 Å². The third-order valence-corrected chi connectivity index (χ3v) is 5.47. The quantitative estimate of drug-likeness (QED) is 0.830. The summed E-state index contributed by atoms with van der Waals surface area (Å²) in [6.45, 7) is 6.96. The second kappa shape index (κ2) is 5.32. The van der Waals surface area contributed by atoms with Gasteiger partial charge in [-0.2, -0.15) is 0 Å². The normalized spacial score (nSPS) is 39.0. The maximum atomic E-state index is 11.9. The summed E-state index contributed by atoms with van der Waals surface area (Å²) in [4.78, 5) is 11.9. The van der Waals surface area contributed by atoms with Crippen LogP contribution in [0.15, 0.2) is 0 Å². The molecule has 20 heavy (non-hydrogen) atoms. The van der Waals surface area contributed by atoms with Crippen LogP contribution in [0.5, 0.6) is 0 Å². The summed E-state index contributed by atoms with van der Waals surface area (Å²) in [5.74, 6) is 4.03. The van der Waals surface area contributed by atoms with E-state index in [2.05, 4.69) is 10.6 Å². The summed E-state index contributed by atoms with van der Waals surface area (Å²) in [6, 6.07) is 0.699. The molecule has 3 nitrogen and oxygen atoms in total. The predicted molar refractivity (Wildman–Crippen MR) is 81.3 cm³/mol. The van der Waals surface area contributed by atoms with Crippen LogP contribution in [-0.4, -0.2) is 24.0 Å². The third-order valence-electron chi connectivity index (χ3n) is 5.47. The Balaban J connectivity index is 1.44. The van der Waals surface area contributed by atoms with Crippen molar-refractivity contribution >= 4 is 5.91 Å². The summed E-state index contributed by atoms with van der Waals surface area (Å²) in [5, 5.41) is 6.76. The minimum atomic E-state index is -0.111. The monoisotopic (exact) mass is 278 g/mol. The zero-order valence-electron chi connectivity index (χ0n) is 13.2. The molecule has 1 amide bonds. The van der Waals surface area contributed by atoms with Gasteiger partial charge in [0.15, 0.2) is 0 Å². The van der Waals surface area contributed by atoms with E-state index in [1.165, 1.54) is 32.1 Å². The Kier molecular flexibility index (Phi) is 3.83. The van der Waals surface area contributed by atoms with Gasteiger partial charge in [-0.05, 0) is 76.5 Å². The first kappa shape index (κ1) is 14.4. The van der Waals surface area contributed by atoms with Crippen LogP contribution in [0.1, 0.15) is 59.3 Å². The standard InChI is InChI=1S/C17H30N2O/c1-17(2,3)19-15(20)4-5-18-16-13-7-11-6-12(9-13)10-14(16)8-11/h11-14,16,18H,4-10H2,1-3H3,(H,19,20). The van der Waals surface area contributed by atoms with Crippen LogP contribution in [0.4, 0.5) is 0 Å². The van der Waals surface area contributed by atoms with Crippen molar-refractivity contribution < 1.29 is 4.79 Å². The first-order chi connectivity index (χ1) is 9.40. The van der Waals surface area contributed by atoms with E-state index >= 15 is 0 Å². The van der Waals surface area contributed by atoms with Crippen LogP contribution < -0.4 is 10.6 Å². The molecule has 3 heteroatoms. The van der Waals surface area contributed by atoms with Gasteiger partial charge in [0.1, 0.15) is 0 Å². The molecule has 0 aromatic heterocycles. The van der Waals surface area contributed by atoms with Crippen LogP contribution >= 0.6 is 0 Å². The molecule has 4 saturated carbocycles. The van der Waals surface area contributed by atoms with E-state index in [9.17, 15) is 4.79 Å². The van der Waals surface area contributed by atoms with E-state index in [1.54, 1.807) is 0 Å². The Bertz CT molecular complexity index is 344. The molecule has 0 radical (unpaired) electrons. The lowest BCUT2D eigenvalue weighted by molar-refractivity contribution is -0.122. The molecule has 4 aliphatic carbocycles. The van der Waals surface area contributed by atoms with Crippen molar-refractivity contribution in [3.63, 3.8) is 0 Å². The van der Waals surface area contributed by atoms with Crippen molar-refractivity contribution in [2.45, 2.75) is 70.9 Å². The number of carbonyl (C=O) groups excluding carboxylic acids is 1. The summed E-state index contributed by atoms with van der Waals surface area (Å²) >= 11 is 0. The van der Waals surface area contributed by atoms with Gasteiger partial charge < -0.3 is 10.6 Å². The highest BCUT2D eigenvalue weighted by Gasteiger charge is 2.47. The van der Waals surface area contributed by atoms with Gasteiger partial charge in [0.2, 0.25) is 5.91 Å². The highest BCUT2D eigenvalue weighted by molar-refractivity contribution is 5.76. The highest BCUT2D eigenvalue weighted by atomic mass is 16.1. The Morgan fingerprint density at radius 2 is 1.55 bits per heavy atom. The minimum absolute atomic E-state index is 0.111. The Hall–Kier alpha value is -0.570. The zero-order valence-corrected chi connectivity index (χ0v) is 13.2. The second-order valence-electron chi connectivity index (χ2n) is 8.46. The predicted octanol–water partition coefficient (Wildman–Crippen LogP) is 2.71. The number of carbonyl (C=O) groups is 1. The largest absolute Gasteiger partial charge is 0.351 e. The van der Waals surface area contributed by atoms with Crippen molar-refractivity contribution in [1.29, 1.82) is 0 Å². The van der Waals surface area contributed by atoms with Crippen molar-refractivity contribution in [3.8, 4) is 0 Å². The lowest BCUT2D eigenvalue weighted by atomic mass is 9.54. The van der Waals surface area contributed by atoms with E-state index in [4.69, 9.17) is 0 Å². The molecule has 0 aromatic rings. The van der Waals surface area contributed by atoms with Crippen LogP contribution in [0.2, 0.25) is 0 Å². The van der Waals surface area contributed by atoms with Crippen molar-refractivity contribution in [2.24, 2.45) is 23.7 Å². The van der Waals surface area contributed by atoms with Gasteiger partial charge in [-0.25, -0.2) is 0 Å². The molecule has 0 aromatic carbocycles. The summed E-state index contributed by atoms with van der Waals surface area (Å²) < 4.78 is 0. The fourth-order valence-corrected chi connectivity index (χ4v) is 5.09. The van der Waals surface area contributed by atoms with E-state index in [1.807, 2.05) is 20.8 Å². The molecular weight excluding hydrogens is 248 g/mol. The fraction of sp³-hybridized carbons (Fsp3) is 0.941. The van der Waals surface area contributed by atoms with Gasteiger partial charge >= 0.3 is 0 Å². The molecule has 0 unspecified atom stereocenters. The SMILES string of the molecule is CC(C)(C)NC(=O)CCNC1C2CC3CC(C2)CC1C3. The molecule has 2 N–H and O–H groups in total. The molecule has 0 atom stereocenters. The van der Waals surface area contributed by atoms with E-state index in [0.717, 1.165) is 30.2 Å². The topological polar surface area (TPSA) is 41.1 Å². The van der Waals surface area contributed by atoms with Crippen molar-refractivity contribution in [1.82, 2.24) is 10.6 Å². The van der Waals surface area contributed by atoms with Gasteiger partial charge in [0, 0.05) is 24.5 Å². The van der Waals surface area contributed by atoms with E-state index in [0.29, 0.717) is 12.5 Å². The van der Waals surface area contributed by atoms with Gasteiger partial charge in [0.05, 0.1) is 0 Å². The first-order valence-electron chi connectivity index (χ1n) is 8.45. The second-order valence-corrected chi connectivity index (χ2v) is 8.46. The molecule has 114 valence electrons. The summed E-state index contributed by atoms with van der Waals surface area (Å²) in [5.41, 5.74) is -0.111. The van der Waals surface area contributed by atoms with Crippen LogP contribution in [0.3, 0.4) is 0 Å². The zero-order chi connectivity index (χ0) is 14.3. The molecule has 0 spiro atoms. The first-order valence-corrected chi connectivity index (χ1v) is 8.45. The Morgan fingerprint density at radius 1 is 1.00 bits per heavy atom. The molecule has 0 aliphatic heterocycles. The lowest BCUT2D eigenvalue weighted by Gasteiger charge is -2.54. The number of hydrogen-bond acceptors (Lipinski definition) is 2. The smallest absolute Gasteiger partial charge is 0.221 e. The average molecular weight is 278 g/mol. The van der Waals surface area contributed by atoms with Gasteiger partial charge in [-0.1, -0.05) is 0 Å². The molecule has 4 rings (SSSR count). The molecule has 0 heterocycles. The Morgan fingerprint density at radius 3 is 2.05 bits per heavy atom. The Labute approximate surface area is 123 Å². The third kappa shape index (κ3) is 3.19. The number of amides is 1. The minimum Gasteiger partial charge on any atom is -0.351 e. The van der Waals surface area contributed by atoms with E-state index < -0.39 is 0 Å². The van der Waals surface area contributed by atoms with Crippen LogP contribution in [0.25, 0.3) is 0 Å². The maximum Gasteiger partial charge on any atom is 0.221 e. The molecule has 4 aliphatic rings. The lowest BCUT2D eigenvalue weighted by Crippen LogP contribution is -2.55. The molecule has 4 bridgehead atoms. The fourth-order valence-electron chi connectivity index (χ4n) is 5.09. The maximum absolute atomic E-state index is 11.9. The van der Waals surface area contributed by atoms with Crippen molar-refractivity contribution in [3.05, 3.63) is 0 Å². The molecule has 4 fully saturated rings. The molecule has 0 saturated heterocycles. The molecular formula is C17H30N2O. The highest BCUT2D eigenvalue weighted by Crippen LogP contribution is 2.53. The average Bonchev–Trinajstić information content (AvgIpc) is 2.29. The number of rotatable bonds is 4. The van der Waals surface area contributed by atoms with Gasteiger partial charge in [-0.15, -0.1) is 0 Å². The summed E-state index contributed by atoms with van der Waals surface area (Å²) in [7, 11) is 0. The van der Waals surface area contributed by atoms with Crippen LogP contribution in [0, 0.1) is 23.7 Å². The van der Waals surface area contributed by atoms with Crippen molar-refractivity contribution in [2.75, 3.05) is 6.54 Å².